The zero-order valence-corrected chi connectivity index (χ0v) is 12.1. The van der Waals surface area contributed by atoms with Gasteiger partial charge in [-0.1, -0.05) is 0 Å². The van der Waals surface area contributed by atoms with Crippen molar-refractivity contribution >= 4 is 17.6 Å². The first-order valence-electron chi connectivity index (χ1n) is 6.33. The highest BCUT2D eigenvalue weighted by Gasteiger charge is 2.35. The van der Waals surface area contributed by atoms with E-state index in [1.165, 1.54) is 12.4 Å². The van der Waals surface area contributed by atoms with Crippen molar-refractivity contribution < 1.29 is 18.1 Å². The predicted molar refractivity (Wildman–Crippen MR) is 77.3 cm³/mol. The Balaban J connectivity index is 2.29. The number of nitro benzene ring substituents is 1. The lowest BCUT2D eigenvalue weighted by atomic mass is 10.1. The Kier molecular flexibility index (Phi) is 4.34. The number of nitro groups is 1. The van der Waals surface area contributed by atoms with Crippen LogP contribution in [0.15, 0.2) is 29.5 Å². The maximum atomic E-state index is 13.0. The monoisotopic (exact) mass is 327 g/mol. The lowest BCUT2D eigenvalue weighted by molar-refractivity contribution is -0.385. The van der Waals surface area contributed by atoms with Crippen molar-refractivity contribution in [3.05, 3.63) is 51.3 Å². The molecule has 2 rings (SSSR count). The molecule has 0 aliphatic carbocycles. The van der Waals surface area contributed by atoms with Crippen molar-refractivity contribution in [3.8, 4) is 0 Å². The number of nitrogens with one attached hydrogen (secondary N) is 1. The molecule has 0 aliphatic rings. The summed E-state index contributed by atoms with van der Waals surface area (Å²) in [4.78, 5) is 9.72. The Labute approximate surface area is 128 Å². The van der Waals surface area contributed by atoms with Gasteiger partial charge in [-0.15, -0.1) is 0 Å². The number of anilines is 1. The van der Waals surface area contributed by atoms with Gasteiger partial charge in [0.1, 0.15) is 0 Å². The molecule has 0 aliphatic heterocycles. The highest BCUT2D eigenvalue weighted by molar-refractivity contribution is 5.81. The Morgan fingerprint density at radius 1 is 1.43 bits per heavy atom. The third kappa shape index (κ3) is 3.65. The number of nitrogens with zero attached hydrogens (tertiary/aromatic N) is 4. The maximum absolute atomic E-state index is 13.0. The molecule has 7 nitrogen and oxygen atoms in total. The van der Waals surface area contributed by atoms with Crippen LogP contribution >= 0.6 is 0 Å². The van der Waals surface area contributed by atoms with Gasteiger partial charge in [-0.05, 0) is 13.0 Å². The summed E-state index contributed by atoms with van der Waals surface area (Å²) in [6, 6.07) is 2.41. The summed E-state index contributed by atoms with van der Waals surface area (Å²) < 4.78 is 40.5. The molecular weight excluding hydrogens is 315 g/mol. The molecule has 0 saturated carbocycles. The number of hydrogen-bond donors (Lipinski definition) is 1. The average Bonchev–Trinajstić information content (AvgIpc) is 2.78. The molecule has 0 atom stereocenters. The molecule has 1 aromatic heterocycles. The van der Waals surface area contributed by atoms with Gasteiger partial charge in [0.25, 0.3) is 5.69 Å². The average molecular weight is 327 g/mol. The SMILES string of the molecule is Cc1c(/C=N\Nc2ccc([N+](=O)[O-])cc2C(F)(F)F)cnn1C. The van der Waals surface area contributed by atoms with Crippen LogP contribution in [-0.4, -0.2) is 20.9 Å². The fraction of sp³-hybridized carbons (Fsp3) is 0.231. The molecule has 0 saturated heterocycles. The second-order valence-corrected chi connectivity index (χ2v) is 4.66. The van der Waals surface area contributed by atoms with Crippen molar-refractivity contribution in [2.24, 2.45) is 12.1 Å². The van der Waals surface area contributed by atoms with Gasteiger partial charge in [0.15, 0.2) is 0 Å². The Hall–Kier alpha value is -2.91. The standard InChI is InChI=1S/C13H12F3N5O2/c1-8-9(7-18-20(8)2)6-17-19-12-4-3-10(21(22)23)5-11(12)13(14,15)16/h3-7,19H,1-2H3/b17-6-. The number of non-ortho nitro benzene ring substituents is 1. The third-order valence-corrected chi connectivity index (χ3v) is 3.18. The van der Waals surface area contributed by atoms with Gasteiger partial charge in [-0.3, -0.25) is 20.2 Å². The minimum Gasteiger partial charge on any atom is -0.278 e. The van der Waals surface area contributed by atoms with Crippen molar-refractivity contribution in [1.29, 1.82) is 0 Å². The number of hydrazone groups is 1. The summed E-state index contributed by atoms with van der Waals surface area (Å²) in [5.74, 6) is 0. The first kappa shape index (κ1) is 16.5. The Morgan fingerprint density at radius 2 is 2.13 bits per heavy atom. The largest absolute Gasteiger partial charge is 0.418 e. The normalized spacial score (nSPS) is 11.9. The number of benzene rings is 1. The summed E-state index contributed by atoms with van der Waals surface area (Å²) >= 11 is 0. The molecular formula is C13H12F3N5O2. The van der Waals surface area contributed by atoms with Crippen LogP contribution in [0.1, 0.15) is 16.8 Å². The number of alkyl halides is 3. The molecule has 1 N–H and O–H groups in total. The summed E-state index contributed by atoms with van der Waals surface area (Å²) in [6.07, 6.45) is -1.90. The second kappa shape index (κ2) is 6.07. The molecule has 0 radical (unpaired) electrons. The van der Waals surface area contributed by atoms with E-state index in [4.69, 9.17) is 0 Å². The van der Waals surface area contributed by atoms with E-state index < -0.39 is 22.4 Å². The fourth-order valence-electron chi connectivity index (χ4n) is 1.79. The predicted octanol–water partition coefficient (Wildman–Crippen LogP) is 3.10. The fourth-order valence-corrected chi connectivity index (χ4v) is 1.79. The zero-order valence-electron chi connectivity index (χ0n) is 12.1. The minimum absolute atomic E-state index is 0.374. The molecule has 10 heteroatoms. The molecule has 1 heterocycles. The molecule has 0 amide bonds. The van der Waals surface area contributed by atoms with Crippen LogP contribution in [0.25, 0.3) is 0 Å². The molecule has 0 unspecified atom stereocenters. The van der Waals surface area contributed by atoms with Crippen LogP contribution in [0, 0.1) is 17.0 Å². The quantitative estimate of drug-likeness (QED) is 0.531. The van der Waals surface area contributed by atoms with E-state index in [-0.39, 0.29) is 5.69 Å². The second-order valence-electron chi connectivity index (χ2n) is 4.66. The first-order chi connectivity index (χ1) is 10.7. The van der Waals surface area contributed by atoms with Crippen LogP contribution in [0.3, 0.4) is 0 Å². The smallest absolute Gasteiger partial charge is 0.278 e. The maximum Gasteiger partial charge on any atom is 0.418 e. The van der Waals surface area contributed by atoms with E-state index >= 15 is 0 Å². The summed E-state index contributed by atoms with van der Waals surface area (Å²) in [5.41, 5.74) is 1.50. The molecule has 1 aromatic carbocycles. The summed E-state index contributed by atoms with van der Waals surface area (Å²) in [7, 11) is 1.72. The topological polar surface area (TPSA) is 85.3 Å². The van der Waals surface area contributed by atoms with E-state index in [9.17, 15) is 23.3 Å². The lowest BCUT2D eigenvalue weighted by Gasteiger charge is -2.11. The van der Waals surface area contributed by atoms with Crippen LogP contribution in [-0.2, 0) is 13.2 Å². The Bertz CT molecular complexity index is 767. The molecule has 0 spiro atoms. The summed E-state index contributed by atoms with van der Waals surface area (Å²) in [5, 5.41) is 18.3. The van der Waals surface area contributed by atoms with Gasteiger partial charge in [0, 0.05) is 30.4 Å². The zero-order chi connectivity index (χ0) is 17.2. The number of aryl methyl sites for hydroxylation is 1. The number of halogens is 3. The molecule has 0 fully saturated rings. The van der Waals surface area contributed by atoms with Crippen molar-refractivity contribution in [3.63, 3.8) is 0 Å². The number of rotatable bonds is 4. The van der Waals surface area contributed by atoms with Crippen molar-refractivity contribution in [1.82, 2.24) is 9.78 Å². The molecule has 2 aromatic rings. The van der Waals surface area contributed by atoms with Crippen LogP contribution in [0.5, 0.6) is 0 Å². The van der Waals surface area contributed by atoms with Gasteiger partial charge in [-0.25, -0.2) is 0 Å². The third-order valence-electron chi connectivity index (χ3n) is 3.18. The van der Waals surface area contributed by atoms with Gasteiger partial charge >= 0.3 is 6.18 Å². The molecule has 0 bridgehead atoms. The van der Waals surface area contributed by atoms with Crippen LogP contribution < -0.4 is 5.43 Å². The number of aromatic nitrogens is 2. The van der Waals surface area contributed by atoms with E-state index in [2.05, 4.69) is 15.6 Å². The Morgan fingerprint density at radius 3 is 2.65 bits per heavy atom. The van der Waals surface area contributed by atoms with Crippen LogP contribution in [0.4, 0.5) is 24.5 Å². The van der Waals surface area contributed by atoms with E-state index in [1.807, 2.05) is 0 Å². The van der Waals surface area contributed by atoms with Gasteiger partial charge < -0.3 is 0 Å². The highest BCUT2D eigenvalue weighted by atomic mass is 19.4. The van der Waals surface area contributed by atoms with Crippen molar-refractivity contribution in [2.45, 2.75) is 13.1 Å². The van der Waals surface area contributed by atoms with Gasteiger partial charge in [0.05, 0.1) is 28.6 Å². The molecule has 23 heavy (non-hydrogen) atoms. The first-order valence-corrected chi connectivity index (χ1v) is 6.33. The van der Waals surface area contributed by atoms with Crippen molar-refractivity contribution in [2.75, 3.05) is 5.43 Å². The van der Waals surface area contributed by atoms with Crippen LogP contribution in [0.2, 0.25) is 0 Å². The van der Waals surface area contributed by atoms with E-state index in [1.54, 1.807) is 18.7 Å². The molecule has 122 valence electrons. The van der Waals surface area contributed by atoms with Gasteiger partial charge in [0.2, 0.25) is 0 Å². The highest BCUT2D eigenvalue weighted by Crippen LogP contribution is 2.37. The summed E-state index contributed by atoms with van der Waals surface area (Å²) in [6.45, 7) is 1.78. The lowest BCUT2D eigenvalue weighted by Crippen LogP contribution is -2.09. The van der Waals surface area contributed by atoms with E-state index in [0.717, 1.165) is 17.8 Å². The number of hydrogen-bond acceptors (Lipinski definition) is 5. The minimum atomic E-state index is -4.74. The van der Waals surface area contributed by atoms with Gasteiger partial charge in [-0.2, -0.15) is 23.4 Å². The van der Waals surface area contributed by atoms with E-state index in [0.29, 0.717) is 11.6 Å².